The summed E-state index contributed by atoms with van der Waals surface area (Å²) < 4.78 is 13.2. The molecule has 0 aliphatic heterocycles. The lowest BCUT2D eigenvalue weighted by atomic mass is 10.2. The van der Waals surface area contributed by atoms with Gasteiger partial charge < -0.3 is 0 Å². The molecule has 0 aliphatic carbocycles. The molecule has 2 aromatic heterocycles. The average Bonchev–Trinajstić information content (AvgIpc) is 2.65. The largest absolute Gasteiger partial charge is 0.217 e. The number of halogens is 2. The molecule has 0 saturated carbocycles. The maximum atomic E-state index is 13.2. The highest BCUT2D eigenvalue weighted by molar-refractivity contribution is 7.18. The molecule has 3 rings (SSSR count). The van der Waals surface area contributed by atoms with Gasteiger partial charge in [0, 0.05) is 10.4 Å². The van der Waals surface area contributed by atoms with Crippen LogP contribution in [-0.2, 0) is 0 Å². The third kappa shape index (κ3) is 2.11. The Hall–Kier alpha value is -1.52. The van der Waals surface area contributed by atoms with Crippen molar-refractivity contribution in [2.24, 2.45) is 0 Å². The van der Waals surface area contributed by atoms with Gasteiger partial charge in [-0.15, -0.1) is 11.3 Å². The molecule has 0 atom stereocenters. The Balaban J connectivity index is 2.27. The fourth-order valence-electron chi connectivity index (χ4n) is 1.96. The van der Waals surface area contributed by atoms with E-state index in [2.05, 4.69) is 9.97 Å². The lowest BCUT2D eigenvalue weighted by Gasteiger charge is -2.02. The Labute approximate surface area is 118 Å². The van der Waals surface area contributed by atoms with Gasteiger partial charge in [0.15, 0.2) is 5.82 Å². The van der Waals surface area contributed by atoms with Crippen molar-refractivity contribution in [2.45, 2.75) is 13.8 Å². The lowest BCUT2D eigenvalue weighted by molar-refractivity contribution is 0.628. The van der Waals surface area contributed by atoms with Crippen molar-refractivity contribution >= 4 is 33.2 Å². The Morgan fingerprint density at radius 2 is 2.00 bits per heavy atom. The van der Waals surface area contributed by atoms with Crippen LogP contribution in [0.1, 0.15) is 10.4 Å². The third-order valence-corrected chi connectivity index (χ3v) is 4.44. The lowest BCUT2D eigenvalue weighted by Crippen LogP contribution is -1.91. The van der Waals surface area contributed by atoms with Gasteiger partial charge in [0.25, 0.3) is 0 Å². The summed E-state index contributed by atoms with van der Waals surface area (Å²) in [6.45, 7) is 4.03. The molecule has 3 aromatic rings. The van der Waals surface area contributed by atoms with Crippen LogP contribution in [0.25, 0.3) is 21.6 Å². The Morgan fingerprint density at radius 1 is 1.21 bits per heavy atom. The van der Waals surface area contributed by atoms with Crippen LogP contribution in [0.3, 0.4) is 0 Å². The first-order valence-corrected chi connectivity index (χ1v) is 6.95. The standard InChI is InChI=1S/C14H10ClFN2S/c1-7-8(2)19-14-11(7)12(15)17-13(18-14)9-4-3-5-10(16)6-9/h3-6H,1-2H3. The molecule has 0 bridgehead atoms. The highest BCUT2D eigenvalue weighted by atomic mass is 35.5. The number of hydrogen-bond acceptors (Lipinski definition) is 3. The molecule has 5 heteroatoms. The van der Waals surface area contributed by atoms with Crippen LogP contribution < -0.4 is 0 Å². The third-order valence-electron chi connectivity index (χ3n) is 3.07. The van der Waals surface area contributed by atoms with E-state index in [4.69, 9.17) is 11.6 Å². The minimum Gasteiger partial charge on any atom is -0.217 e. The fraction of sp³-hybridized carbons (Fsp3) is 0.143. The molecule has 1 aromatic carbocycles. The SMILES string of the molecule is Cc1sc2nc(-c3cccc(F)c3)nc(Cl)c2c1C. The number of fused-ring (bicyclic) bond motifs is 1. The zero-order chi connectivity index (χ0) is 13.6. The van der Waals surface area contributed by atoms with E-state index >= 15 is 0 Å². The topological polar surface area (TPSA) is 25.8 Å². The zero-order valence-electron chi connectivity index (χ0n) is 10.4. The molecule has 2 nitrogen and oxygen atoms in total. The highest BCUT2D eigenvalue weighted by Crippen LogP contribution is 2.34. The molecule has 2 heterocycles. The van der Waals surface area contributed by atoms with Crippen LogP contribution in [-0.4, -0.2) is 9.97 Å². The van der Waals surface area contributed by atoms with E-state index in [1.165, 1.54) is 17.0 Å². The molecule has 0 N–H and O–H groups in total. The second-order valence-corrected chi connectivity index (χ2v) is 5.87. The van der Waals surface area contributed by atoms with Crippen molar-refractivity contribution in [1.29, 1.82) is 0 Å². The monoisotopic (exact) mass is 292 g/mol. The summed E-state index contributed by atoms with van der Waals surface area (Å²) in [7, 11) is 0. The molecule has 0 radical (unpaired) electrons. The van der Waals surface area contributed by atoms with Crippen LogP contribution in [0.2, 0.25) is 5.15 Å². The predicted octanol–water partition coefficient (Wildman–Crippen LogP) is 4.77. The van der Waals surface area contributed by atoms with E-state index in [0.717, 1.165) is 15.8 Å². The second kappa shape index (κ2) is 4.54. The molecule has 0 fully saturated rings. The van der Waals surface area contributed by atoms with Crippen molar-refractivity contribution in [3.05, 3.63) is 45.7 Å². The first-order chi connectivity index (χ1) is 9.06. The highest BCUT2D eigenvalue weighted by Gasteiger charge is 2.14. The smallest absolute Gasteiger partial charge is 0.162 e. The summed E-state index contributed by atoms with van der Waals surface area (Å²) in [5, 5.41) is 1.32. The minimum absolute atomic E-state index is 0.309. The average molecular weight is 293 g/mol. The van der Waals surface area contributed by atoms with Gasteiger partial charge in [-0.3, -0.25) is 0 Å². The van der Waals surface area contributed by atoms with Crippen molar-refractivity contribution in [3.63, 3.8) is 0 Å². The van der Waals surface area contributed by atoms with Gasteiger partial charge in [0.05, 0.1) is 5.39 Å². The maximum absolute atomic E-state index is 13.2. The van der Waals surface area contributed by atoms with Crippen molar-refractivity contribution in [3.8, 4) is 11.4 Å². The number of benzene rings is 1. The number of rotatable bonds is 1. The molecule has 0 saturated heterocycles. The Kier molecular flexibility index (Phi) is 2.99. The number of thiophene rings is 1. The van der Waals surface area contributed by atoms with Crippen molar-refractivity contribution < 1.29 is 4.39 Å². The molecule has 0 spiro atoms. The number of aromatic nitrogens is 2. The molecule has 0 amide bonds. The van der Waals surface area contributed by atoms with Crippen LogP contribution in [0.5, 0.6) is 0 Å². The van der Waals surface area contributed by atoms with Crippen LogP contribution in [0, 0.1) is 19.7 Å². The zero-order valence-corrected chi connectivity index (χ0v) is 11.9. The second-order valence-electron chi connectivity index (χ2n) is 4.31. The Bertz CT molecular complexity index is 782. The molecule has 0 aliphatic rings. The maximum Gasteiger partial charge on any atom is 0.162 e. The minimum atomic E-state index is -0.309. The number of aryl methyl sites for hydroxylation is 2. The van der Waals surface area contributed by atoms with Crippen molar-refractivity contribution in [2.75, 3.05) is 0 Å². The molecular weight excluding hydrogens is 283 g/mol. The van der Waals surface area contributed by atoms with E-state index < -0.39 is 0 Å². The summed E-state index contributed by atoms with van der Waals surface area (Å²) in [5.74, 6) is 0.147. The molecule has 96 valence electrons. The number of hydrogen-bond donors (Lipinski definition) is 0. The van der Waals surface area contributed by atoms with Gasteiger partial charge in [-0.1, -0.05) is 23.7 Å². The van der Waals surface area contributed by atoms with Gasteiger partial charge in [-0.05, 0) is 31.5 Å². The van der Waals surface area contributed by atoms with Crippen LogP contribution in [0.15, 0.2) is 24.3 Å². The Morgan fingerprint density at radius 3 is 2.74 bits per heavy atom. The van der Waals surface area contributed by atoms with E-state index in [1.54, 1.807) is 23.5 Å². The normalized spacial score (nSPS) is 11.2. The summed E-state index contributed by atoms with van der Waals surface area (Å²) in [6, 6.07) is 6.21. The van der Waals surface area contributed by atoms with Crippen molar-refractivity contribution in [1.82, 2.24) is 9.97 Å². The van der Waals surface area contributed by atoms with E-state index in [-0.39, 0.29) is 5.82 Å². The van der Waals surface area contributed by atoms with E-state index in [0.29, 0.717) is 16.5 Å². The van der Waals surface area contributed by atoms with Crippen LogP contribution in [0.4, 0.5) is 4.39 Å². The van der Waals surface area contributed by atoms with Gasteiger partial charge in [-0.2, -0.15) is 0 Å². The number of nitrogens with zero attached hydrogens (tertiary/aromatic N) is 2. The summed E-state index contributed by atoms with van der Waals surface area (Å²) in [5.41, 5.74) is 1.74. The van der Waals surface area contributed by atoms with Gasteiger partial charge >= 0.3 is 0 Å². The quantitative estimate of drug-likeness (QED) is 0.604. The molecule has 19 heavy (non-hydrogen) atoms. The van der Waals surface area contributed by atoms with Gasteiger partial charge in [0.2, 0.25) is 0 Å². The fourth-order valence-corrected chi connectivity index (χ4v) is 3.35. The summed E-state index contributed by atoms with van der Waals surface area (Å²) >= 11 is 7.81. The first-order valence-electron chi connectivity index (χ1n) is 5.75. The van der Waals surface area contributed by atoms with Crippen LogP contribution >= 0.6 is 22.9 Å². The first kappa shape index (κ1) is 12.5. The van der Waals surface area contributed by atoms with Gasteiger partial charge in [-0.25, -0.2) is 14.4 Å². The van der Waals surface area contributed by atoms with E-state index in [9.17, 15) is 4.39 Å². The molecular formula is C14H10ClFN2S. The summed E-state index contributed by atoms with van der Waals surface area (Å²) in [4.78, 5) is 10.8. The molecule has 0 unspecified atom stereocenters. The van der Waals surface area contributed by atoms with E-state index in [1.807, 2.05) is 13.8 Å². The predicted molar refractivity (Wildman–Crippen MR) is 77.3 cm³/mol. The van der Waals surface area contributed by atoms with Gasteiger partial charge in [0.1, 0.15) is 15.8 Å². The summed E-state index contributed by atoms with van der Waals surface area (Å²) in [6.07, 6.45) is 0.